The molecule has 0 aliphatic carbocycles. The average molecular weight is 265 g/mol. The molecule has 0 spiro atoms. The van der Waals surface area contributed by atoms with Crippen molar-refractivity contribution in [2.24, 2.45) is 0 Å². The van der Waals surface area contributed by atoms with Crippen molar-refractivity contribution < 1.29 is 4.74 Å². The van der Waals surface area contributed by atoms with Crippen LogP contribution in [0.3, 0.4) is 0 Å². The van der Waals surface area contributed by atoms with Gasteiger partial charge in [-0.3, -0.25) is 4.90 Å². The number of nitrogens with two attached hydrogens (primary N) is 1. The highest BCUT2D eigenvalue weighted by atomic mass is 16.5. The molecule has 1 saturated heterocycles. The van der Waals surface area contributed by atoms with Gasteiger partial charge in [0.25, 0.3) is 0 Å². The molecule has 0 radical (unpaired) electrons. The molecule has 1 aliphatic rings. The van der Waals surface area contributed by atoms with Crippen molar-refractivity contribution in [3.63, 3.8) is 0 Å². The molecule has 1 aliphatic heterocycles. The molecule has 2 heterocycles. The lowest BCUT2D eigenvalue weighted by Gasteiger charge is -2.23. The van der Waals surface area contributed by atoms with Crippen LogP contribution in [0.15, 0.2) is 6.07 Å². The first kappa shape index (κ1) is 14.0. The molecule has 1 atom stereocenters. The van der Waals surface area contributed by atoms with E-state index in [2.05, 4.69) is 27.1 Å². The third-order valence-electron chi connectivity index (χ3n) is 3.49. The quantitative estimate of drug-likeness (QED) is 0.802. The lowest BCUT2D eigenvalue weighted by atomic mass is 10.2. The number of methoxy groups -OCH3 is 1. The number of rotatable bonds is 6. The number of likely N-dealkylation sites (tertiary alicyclic amines) is 1. The summed E-state index contributed by atoms with van der Waals surface area (Å²) in [5.41, 5.74) is 5.77. The van der Waals surface area contributed by atoms with Gasteiger partial charge in [-0.25, -0.2) is 9.97 Å². The summed E-state index contributed by atoms with van der Waals surface area (Å²) < 4.78 is 5.03. The number of hydrogen-bond acceptors (Lipinski definition) is 6. The Balaban J connectivity index is 1.95. The van der Waals surface area contributed by atoms with Gasteiger partial charge in [-0.1, -0.05) is 6.92 Å². The summed E-state index contributed by atoms with van der Waals surface area (Å²) in [7, 11) is 1.62. The first-order valence-corrected chi connectivity index (χ1v) is 6.83. The molecule has 106 valence electrons. The fourth-order valence-electron chi connectivity index (χ4n) is 2.57. The SMILES string of the molecule is CCN1CCCC1CNc1cc(N)nc(COC)n1. The smallest absolute Gasteiger partial charge is 0.158 e. The van der Waals surface area contributed by atoms with Crippen LogP contribution in [-0.4, -0.2) is 47.7 Å². The number of nitrogen functional groups attached to an aromatic ring is 1. The van der Waals surface area contributed by atoms with Gasteiger partial charge in [0, 0.05) is 25.8 Å². The van der Waals surface area contributed by atoms with Crippen LogP contribution in [0.25, 0.3) is 0 Å². The van der Waals surface area contributed by atoms with Crippen LogP contribution in [0, 0.1) is 0 Å². The third-order valence-corrected chi connectivity index (χ3v) is 3.49. The van der Waals surface area contributed by atoms with E-state index in [0.29, 0.717) is 24.3 Å². The standard InChI is InChI=1S/C13H23N5O/c1-3-18-6-4-5-10(18)8-15-12-7-11(14)16-13(17-12)9-19-2/h7,10H,3-6,8-9H2,1-2H3,(H3,14,15,16,17). The number of ether oxygens (including phenoxy) is 1. The molecular weight excluding hydrogens is 242 g/mol. The molecule has 0 bridgehead atoms. The zero-order chi connectivity index (χ0) is 13.7. The Morgan fingerprint density at radius 1 is 1.53 bits per heavy atom. The van der Waals surface area contributed by atoms with Gasteiger partial charge in [-0.2, -0.15) is 0 Å². The average Bonchev–Trinajstić information content (AvgIpc) is 2.83. The summed E-state index contributed by atoms with van der Waals surface area (Å²) in [6.07, 6.45) is 2.52. The van der Waals surface area contributed by atoms with Gasteiger partial charge in [-0.05, 0) is 25.9 Å². The molecule has 1 aromatic heterocycles. The van der Waals surface area contributed by atoms with Gasteiger partial charge < -0.3 is 15.8 Å². The highest BCUT2D eigenvalue weighted by Gasteiger charge is 2.22. The predicted octanol–water partition coefficient (Wildman–Crippen LogP) is 1.10. The first-order valence-electron chi connectivity index (χ1n) is 6.83. The highest BCUT2D eigenvalue weighted by molar-refractivity contribution is 5.44. The predicted molar refractivity (Wildman–Crippen MR) is 75.9 cm³/mol. The van der Waals surface area contributed by atoms with Gasteiger partial charge in [-0.15, -0.1) is 0 Å². The van der Waals surface area contributed by atoms with E-state index in [1.54, 1.807) is 13.2 Å². The van der Waals surface area contributed by atoms with E-state index < -0.39 is 0 Å². The van der Waals surface area contributed by atoms with E-state index in [9.17, 15) is 0 Å². The first-order chi connectivity index (χ1) is 9.22. The molecule has 0 saturated carbocycles. The third kappa shape index (κ3) is 3.78. The van der Waals surface area contributed by atoms with E-state index in [1.165, 1.54) is 19.4 Å². The highest BCUT2D eigenvalue weighted by Crippen LogP contribution is 2.17. The number of nitrogens with zero attached hydrogens (tertiary/aromatic N) is 3. The molecule has 2 rings (SSSR count). The zero-order valence-corrected chi connectivity index (χ0v) is 11.7. The Labute approximate surface area is 114 Å². The summed E-state index contributed by atoms with van der Waals surface area (Å²) in [4.78, 5) is 11.0. The summed E-state index contributed by atoms with van der Waals surface area (Å²) in [6, 6.07) is 2.36. The lowest BCUT2D eigenvalue weighted by Crippen LogP contribution is -2.34. The summed E-state index contributed by atoms with van der Waals surface area (Å²) in [6.45, 7) is 5.79. The number of nitrogens with one attached hydrogen (secondary N) is 1. The van der Waals surface area contributed by atoms with Crippen molar-refractivity contribution in [2.75, 3.05) is 37.8 Å². The molecule has 6 heteroatoms. The van der Waals surface area contributed by atoms with E-state index in [-0.39, 0.29) is 0 Å². The van der Waals surface area contributed by atoms with Gasteiger partial charge in [0.2, 0.25) is 0 Å². The minimum atomic E-state index is 0.379. The molecule has 0 aromatic carbocycles. The Hall–Kier alpha value is -1.40. The van der Waals surface area contributed by atoms with Crippen molar-refractivity contribution in [1.29, 1.82) is 0 Å². The molecular formula is C13H23N5O. The summed E-state index contributed by atoms with van der Waals surface area (Å²) in [5.74, 6) is 1.87. The molecule has 1 unspecified atom stereocenters. The van der Waals surface area contributed by atoms with Crippen LogP contribution in [0.2, 0.25) is 0 Å². The van der Waals surface area contributed by atoms with Crippen LogP contribution in [0.5, 0.6) is 0 Å². The van der Waals surface area contributed by atoms with Gasteiger partial charge in [0.15, 0.2) is 5.82 Å². The van der Waals surface area contributed by atoms with Crippen LogP contribution in [0.4, 0.5) is 11.6 Å². The van der Waals surface area contributed by atoms with Gasteiger partial charge in [0.05, 0.1) is 0 Å². The summed E-state index contributed by atoms with van der Waals surface area (Å²) >= 11 is 0. The minimum Gasteiger partial charge on any atom is -0.384 e. The molecule has 19 heavy (non-hydrogen) atoms. The molecule has 3 N–H and O–H groups in total. The van der Waals surface area contributed by atoms with Crippen LogP contribution >= 0.6 is 0 Å². The van der Waals surface area contributed by atoms with Crippen molar-refractivity contribution in [3.05, 3.63) is 11.9 Å². The van der Waals surface area contributed by atoms with Crippen LogP contribution in [-0.2, 0) is 11.3 Å². The number of aromatic nitrogens is 2. The van der Waals surface area contributed by atoms with E-state index in [1.807, 2.05) is 0 Å². The van der Waals surface area contributed by atoms with Crippen LogP contribution in [0.1, 0.15) is 25.6 Å². The Morgan fingerprint density at radius 2 is 2.37 bits per heavy atom. The second-order valence-corrected chi connectivity index (χ2v) is 4.83. The van der Waals surface area contributed by atoms with Gasteiger partial charge in [0.1, 0.15) is 18.2 Å². The van der Waals surface area contributed by atoms with E-state index >= 15 is 0 Å². The van der Waals surface area contributed by atoms with Crippen molar-refractivity contribution in [2.45, 2.75) is 32.4 Å². The largest absolute Gasteiger partial charge is 0.384 e. The number of anilines is 2. The van der Waals surface area contributed by atoms with Crippen LogP contribution < -0.4 is 11.1 Å². The summed E-state index contributed by atoms with van der Waals surface area (Å²) in [5, 5.41) is 3.36. The Morgan fingerprint density at radius 3 is 3.11 bits per heavy atom. The molecule has 1 fully saturated rings. The minimum absolute atomic E-state index is 0.379. The molecule has 1 aromatic rings. The van der Waals surface area contributed by atoms with Crippen molar-refractivity contribution >= 4 is 11.6 Å². The maximum atomic E-state index is 5.77. The second-order valence-electron chi connectivity index (χ2n) is 4.83. The van der Waals surface area contributed by atoms with E-state index in [0.717, 1.165) is 18.9 Å². The number of likely N-dealkylation sites (N-methyl/N-ethyl adjacent to an activating group) is 1. The van der Waals surface area contributed by atoms with Crippen molar-refractivity contribution in [3.8, 4) is 0 Å². The topological polar surface area (TPSA) is 76.3 Å². The van der Waals surface area contributed by atoms with Crippen molar-refractivity contribution in [1.82, 2.24) is 14.9 Å². The Kier molecular flexibility index (Phi) is 4.93. The second kappa shape index (κ2) is 6.68. The van der Waals surface area contributed by atoms with E-state index in [4.69, 9.17) is 10.5 Å². The normalized spacial score (nSPS) is 19.8. The fourth-order valence-corrected chi connectivity index (χ4v) is 2.57. The number of hydrogen-bond donors (Lipinski definition) is 2. The lowest BCUT2D eigenvalue weighted by molar-refractivity contribution is 0.178. The monoisotopic (exact) mass is 265 g/mol. The maximum Gasteiger partial charge on any atom is 0.158 e. The maximum absolute atomic E-state index is 5.77. The van der Waals surface area contributed by atoms with Gasteiger partial charge >= 0.3 is 0 Å². The molecule has 0 amide bonds. The zero-order valence-electron chi connectivity index (χ0n) is 11.7. The molecule has 6 nitrogen and oxygen atoms in total. The Bertz CT molecular complexity index is 412. The fraction of sp³-hybridized carbons (Fsp3) is 0.692.